The third-order valence-corrected chi connectivity index (χ3v) is 4.32. The average Bonchev–Trinajstić information content (AvgIpc) is 2.98. The van der Waals surface area contributed by atoms with Crippen LogP contribution in [-0.2, 0) is 20.2 Å². The molecule has 2 aliphatic heterocycles. The summed E-state index contributed by atoms with van der Waals surface area (Å²) in [7, 11) is 1.45. The molecule has 2 aromatic rings. The summed E-state index contributed by atoms with van der Waals surface area (Å²) in [5.41, 5.74) is 1.61. The number of ether oxygens (including phenoxy) is 3. The number of ketones is 1. The third-order valence-electron chi connectivity index (χ3n) is 4.32. The molecule has 2 aromatic carbocycles. The minimum Gasteiger partial charge on any atom is -0.327 e. The van der Waals surface area contributed by atoms with Crippen molar-refractivity contribution in [2.45, 2.75) is 18.2 Å². The molecule has 0 unspecified atom stereocenters. The monoisotopic (exact) mass is 327 g/mol. The van der Waals surface area contributed by atoms with Crippen LogP contribution in [0, 0.1) is 10.1 Å². The molecule has 1 fully saturated rings. The molecule has 0 spiro atoms. The Labute approximate surface area is 136 Å². The molecular weight excluding hydrogens is 314 g/mol. The first-order valence-corrected chi connectivity index (χ1v) is 7.34. The summed E-state index contributed by atoms with van der Waals surface area (Å²) in [4.78, 5) is 23.0. The first-order valence-electron chi connectivity index (χ1n) is 7.34. The van der Waals surface area contributed by atoms with E-state index in [0.29, 0.717) is 16.7 Å². The van der Waals surface area contributed by atoms with Gasteiger partial charge >= 0.3 is 5.97 Å². The van der Waals surface area contributed by atoms with Crippen LogP contribution in [0.5, 0.6) is 0 Å². The van der Waals surface area contributed by atoms with Crippen molar-refractivity contribution in [1.82, 2.24) is 0 Å². The van der Waals surface area contributed by atoms with Gasteiger partial charge in [0.25, 0.3) is 5.69 Å². The van der Waals surface area contributed by atoms with Gasteiger partial charge in [-0.05, 0) is 17.7 Å². The van der Waals surface area contributed by atoms with Gasteiger partial charge in [0.2, 0.25) is 0 Å². The molecule has 0 aromatic heterocycles. The standard InChI is InChI=1S/C17H13NO6/c1-22-17-13-5-3-2-4-12(13)14(19)16(24-17)15(23-17)10-6-8-11(9-7-10)18(20)21/h2-9,15-16H,1H3/t15-,16-,17-/m0/s1. The Balaban J connectivity index is 1.77. The number of fused-ring (bicyclic) bond motifs is 4. The van der Waals surface area contributed by atoms with Crippen molar-refractivity contribution in [2.24, 2.45) is 0 Å². The van der Waals surface area contributed by atoms with E-state index in [0.717, 1.165) is 0 Å². The fourth-order valence-corrected chi connectivity index (χ4v) is 3.16. The summed E-state index contributed by atoms with van der Waals surface area (Å²) in [6.45, 7) is 0. The molecule has 0 radical (unpaired) electrons. The molecule has 0 aliphatic carbocycles. The zero-order valence-corrected chi connectivity index (χ0v) is 12.7. The lowest BCUT2D eigenvalue weighted by atomic mass is 9.93. The van der Waals surface area contributed by atoms with Crippen molar-refractivity contribution >= 4 is 11.5 Å². The predicted octanol–water partition coefficient (Wildman–Crippen LogP) is 2.70. The van der Waals surface area contributed by atoms with E-state index in [1.165, 1.54) is 19.2 Å². The lowest BCUT2D eigenvalue weighted by Gasteiger charge is -2.30. The van der Waals surface area contributed by atoms with Gasteiger partial charge in [0.05, 0.1) is 10.5 Å². The molecule has 2 heterocycles. The number of carbonyl (C=O) groups excluding carboxylic acids is 1. The van der Waals surface area contributed by atoms with Gasteiger partial charge in [-0.25, -0.2) is 0 Å². The van der Waals surface area contributed by atoms with Crippen molar-refractivity contribution in [3.8, 4) is 0 Å². The zero-order valence-electron chi connectivity index (χ0n) is 12.7. The molecule has 122 valence electrons. The van der Waals surface area contributed by atoms with Crippen LogP contribution in [0.2, 0.25) is 0 Å². The Hall–Kier alpha value is -2.61. The minimum atomic E-state index is -1.44. The van der Waals surface area contributed by atoms with Crippen molar-refractivity contribution in [2.75, 3.05) is 7.11 Å². The maximum Gasteiger partial charge on any atom is 0.313 e. The van der Waals surface area contributed by atoms with E-state index in [1.807, 2.05) is 0 Å². The Morgan fingerprint density at radius 1 is 1.08 bits per heavy atom. The molecule has 2 bridgehead atoms. The fraction of sp³-hybridized carbons (Fsp3) is 0.235. The van der Waals surface area contributed by atoms with Gasteiger partial charge in [0.15, 0.2) is 11.9 Å². The van der Waals surface area contributed by atoms with Crippen molar-refractivity contribution in [1.29, 1.82) is 0 Å². The first-order chi connectivity index (χ1) is 11.6. The van der Waals surface area contributed by atoms with E-state index in [9.17, 15) is 14.9 Å². The fourth-order valence-electron chi connectivity index (χ4n) is 3.16. The summed E-state index contributed by atoms with van der Waals surface area (Å²) in [6, 6.07) is 12.9. The second-order valence-electron chi connectivity index (χ2n) is 5.60. The van der Waals surface area contributed by atoms with Crippen LogP contribution in [0.4, 0.5) is 5.69 Å². The van der Waals surface area contributed by atoms with Crippen molar-refractivity contribution < 1.29 is 23.9 Å². The van der Waals surface area contributed by atoms with Gasteiger partial charge in [0.1, 0.15) is 6.10 Å². The van der Waals surface area contributed by atoms with Crippen LogP contribution in [0.3, 0.4) is 0 Å². The number of rotatable bonds is 3. The quantitative estimate of drug-likeness (QED) is 0.636. The number of hydrogen-bond donors (Lipinski definition) is 0. The van der Waals surface area contributed by atoms with E-state index in [-0.39, 0.29) is 11.5 Å². The average molecular weight is 327 g/mol. The SMILES string of the molecule is CO[C@@]12O[C@@H](C(=O)c3ccccc31)[C@H](c1ccc([N+](=O)[O-])cc1)O2. The molecule has 0 N–H and O–H groups in total. The molecule has 1 saturated heterocycles. The Bertz CT molecular complexity index is 833. The molecule has 0 saturated carbocycles. The number of nitro benzene ring substituents is 1. The summed E-state index contributed by atoms with van der Waals surface area (Å²) >= 11 is 0. The van der Waals surface area contributed by atoms with Crippen molar-refractivity contribution in [3.63, 3.8) is 0 Å². The number of Topliss-reactive ketones (excluding diaryl/α,β-unsaturated/α-hetero) is 1. The van der Waals surface area contributed by atoms with Gasteiger partial charge in [0, 0.05) is 24.8 Å². The predicted molar refractivity (Wildman–Crippen MR) is 81.3 cm³/mol. The van der Waals surface area contributed by atoms with Crippen LogP contribution < -0.4 is 0 Å². The second-order valence-corrected chi connectivity index (χ2v) is 5.60. The van der Waals surface area contributed by atoms with Gasteiger partial charge in [-0.3, -0.25) is 14.9 Å². The summed E-state index contributed by atoms with van der Waals surface area (Å²) in [5, 5.41) is 10.8. The Morgan fingerprint density at radius 3 is 2.42 bits per heavy atom. The maximum atomic E-state index is 12.7. The highest BCUT2D eigenvalue weighted by Gasteiger charge is 2.58. The molecule has 24 heavy (non-hydrogen) atoms. The highest BCUT2D eigenvalue weighted by molar-refractivity contribution is 6.02. The molecule has 3 atom stereocenters. The topological polar surface area (TPSA) is 87.9 Å². The Morgan fingerprint density at radius 2 is 1.75 bits per heavy atom. The number of carbonyl (C=O) groups is 1. The number of nitrogens with zero attached hydrogens (tertiary/aromatic N) is 1. The van der Waals surface area contributed by atoms with E-state index in [2.05, 4.69) is 0 Å². The molecule has 7 nitrogen and oxygen atoms in total. The van der Waals surface area contributed by atoms with Crippen LogP contribution in [0.1, 0.15) is 27.6 Å². The van der Waals surface area contributed by atoms with Crippen molar-refractivity contribution in [3.05, 3.63) is 75.3 Å². The number of nitro groups is 1. The van der Waals surface area contributed by atoms with E-state index < -0.39 is 23.1 Å². The van der Waals surface area contributed by atoms with Gasteiger partial charge in [-0.1, -0.05) is 24.3 Å². The van der Waals surface area contributed by atoms with E-state index >= 15 is 0 Å². The molecule has 2 aliphatic rings. The minimum absolute atomic E-state index is 0.0308. The van der Waals surface area contributed by atoms with Crippen LogP contribution in [0.15, 0.2) is 48.5 Å². The highest BCUT2D eigenvalue weighted by atomic mass is 16.9. The highest BCUT2D eigenvalue weighted by Crippen LogP contribution is 2.50. The Kier molecular flexibility index (Phi) is 3.24. The molecular formula is C17H13NO6. The number of methoxy groups -OCH3 is 1. The smallest absolute Gasteiger partial charge is 0.313 e. The summed E-state index contributed by atoms with van der Waals surface area (Å²) < 4.78 is 17.2. The van der Waals surface area contributed by atoms with Crippen LogP contribution >= 0.6 is 0 Å². The van der Waals surface area contributed by atoms with Gasteiger partial charge < -0.3 is 14.2 Å². The number of non-ortho nitro benzene ring substituents is 1. The summed E-state index contributed by atoms with van der Waals surface area (Å²) in [6.07, 6.45) is -1.56. The molecule has 7 heteroatoms. The number of benzene rings is 2. The van der Waals surface area contributed by atoms with Crippen LogP contribution in [-0.4, -0.2) is 23.9 Å². The van der Waals surface area contributed by atoms with Gasteiger partial charge in [-0.15, -0.1) is 0 Å². The third kappa shape index (κ3) is 1.99. The second kappa shape index (κ2) is 5.20. The maximum absolute atomic E-state index is 12.7. The number of hydrogen-bond acceptors (Lipinski definition) is 6. The lowest BCUT2D eigenvalue weighted by molar-refractivity contribution is -0.384. The van der Waals surface area contributed by atoms with E-state index in [4.69, 9.17) is 14.2 Å². The summed E-state index contributed by atoms with van der Waals surface area (Å²) in [5.74, 6) is -1.64. The van der Waals surface area contributed by atoms with E-state index in [1.54, 1.807) is 36.4 Å². The molecule has 0 amide bonds. The van der Waals surface area contributed by atoms with Gasteiger partial charge in [-0.2, -0.15) is 0 Å². The normalized spacial score (nSPS) is 27.8. The zero-order chi connectivity index (χ0) is 16.9. The van der Waals surface area contributed by atoms with Crippen LogP contribution in [0.25, 0.3) is 0 Å². The molecule has 4 rings (SSSR count). The largest absolute Gasteiger partial charge is 0.327 e. The first kappa shape index (κ1) is 14.9. The lowest BCUT2D eigenvalue weighted by Crippen LogP contribution is -2.39.